The molecule has 1 aromatic carbocycles. The number of imidazole rings is 1. The summed E-state index contributed by atoms with van der Waals surface area (Å²) in [5.41, 5.74) is 1.30. The Morgan fingerprint density at radius 1 is 1.21 bits per heavy atom. The van der Waals surface area contributed by atoms with Gasteiger partial charge in [0.1, 0.15) is 5.82 Å². The van der Waals surface area contributed by atoms with Gasteiger partial charge in [-0.15, -0.1) is 24.8 Å². The van der Waals surface area contributed by atoms with Gasteiger partial charge in [0, 0.05) is 25.4 Å². The predicted octanol–water partition coefficient (Wildman–Crippen LogP) is 2.59. The van der Waals surface area contributed by atoms with Gasteiger partial charge in [0.05, 0.1) is 6.54 Å². The second-order valence-electron chi connectivity index (χ2n) is 5.26. The lowest BCUT2D eigenvalue weighted by Crippen LogP contribution is -2.25. The fourth-order valence-corrected chi connectivity index (χ4v) is 2.30. The third kappa shape index (κ3) is 7.81. The lowest BCUT2D eigenvalue weighted by atomic mass is 10.1. The highest BCUT2D eigenvalue weighted by Crippen LogP contribution is 2.04. The van der Waals surface area contributed by atoms with E-state index in [1.165, 1.54) is 5.56 Å². The van der Waals surface area contributed by atoms with E-state index in [1.54, 1.807) is 6.20 Å². The maximum absolute atomic E-state index is 11.7. The number of amides is 1. The van der Waals surface area contributed by atoms with E-state index in [9.17, 15) is 4.79 Å². The summed E-state index contributed by atoms with van der Waals surface area (Å²) in [7, 11) is 1.89. The molecule has 5 nitrogen and oxygen atoms in total. The number of benzene rings is 1. The van der Waals surface area contributed by atoms with Crippen molar-refractivity contribution < 1.29 is 4.79 Å². The molecule has 24 heavy (non-hydrogen) atoms. The van der Waals surface area contributed by atoms with Gasteiger partial charge in [-0.1, -0.05) is 30.3 Å². The number of carbonyl (C=O) groups excluding carboxylic acids is 1. The van der Waals surface area contributed by atoms with Crippen molar-refractivity contribution in [3.63, 3.8) is 0 Å². The number of aromatic nitrogens is 2. The minimum absolute atomic E-state index is 0. The Hall–Kier alpha value is -1.56. The van der Waals surface area contributed by atoms with Crippen LogP contribution in [0.15, 0.2) is 42.7 Å². The van der Waals surface area contributed by atoms with E-state index in [4.69, 9.17) is 0 Å². The van der Waals surface area contributed by atoms with Gasteiger partial charge in [0.25, 0.3) is 0 Å². The van der Waals surface area contributed by atoms with Crippen LogP contribution in [0.5, 0.6) is 0 Å². The van der Waals surface area contributed by atoms with Crippen molar-refractivity contribution in [2.24, 2.45) is 0 Å². The molecule has 0 radical (unpaired) electrons. The number of hydrogen-bond donors (Lipinski definition) is 2. The Kier molecular flexibility index (Phi) is 12.0. The first kappa shape index (κ1) is 22.4. The number of carbonyl (C=O) groups is 1. The highest BCUT2D eigenvalue weighted by molar-refractivity contribution is 5.85. The molecule has 0 aliphatic rings. The fraction of sp³-hybridized carbons (Fsp3) is 0.412. The molecule has 2 N–H and O–H groups in total. The standard InChI is InChI=1S/C17H24N4O.2ClH/c1-18-10-5-8-17(22)20-14-16-19-11-13-21(16)12-9-15-6-3-2-4-7-15;;/h2-4,6-7,11,13,18H,5,8-10,12,14H2,1H3,(H,20,22);2*1H. The summed E-state index contributed by atoms with van der Waals surface area (Å²) in [4.78, 5) is 16.1. The number of nitrogens with one attached hydrogen (secondary N) is 2. The van der Waals surface area contributed by atoms with Crippen molar-refractivity contribution in [1.29, 1.82) is 0 Å². The maximum atomic E-state index is 11.7. The van der Waals surface area contributed by atoms with Crippen molar-refractivity contribution in [1.82, 2.24) is 20.2 Å². The van der Waals surface area contributed by atoms with Crippen LogP contribution in [0.3, 0.4) is 0 Å². The largest absolute Gasteiger partial charge is 0.349 e. The van der Waals surface area contributed by atoms with Crippen LogP contribution < -0.4 is 10.6 Å². The van der Waals surface area contributed by atoms with E-state index in [0.717, 1.165) is 31.8 Å². The number of hydrogen-bond acceptors (Lipinski definition) is 3. The first-order valence-corrected chi connectivity index (χ1v) is 7.75. The molecule has 0 spiro atoms. The Bertz CT molecular complexity index is 575. The van der Waals surface area contributed by atoms with Crippen LogP contribution >= 0.6 is 24.8 Å². The normalized spacial score (nSPS) is 9.71. The van der Waals surface area contributed by atoms with Gasteiger partial charge >= 0.3 is 0 Å². The third-order valence-corrected chi connectivity index (χ3v) is 3.56. The predicted molar refractivity (Wildman–Crippen MR) is 102 cm³/mol. The molecule has 0 saturated heterocycles. The zero-order chi connectivity index (χ0) is 15.6. The van der Waals surface area contributed by atoms with Crippen LogP contribution in [0.4, 0.5) is 0 Å². The van der Waals surface area contributed by atoms with Crippen molar-refractivity contribution in [3.8, 4) is 0 Å². The first-order valence-electron chi connectivity index (χ1n) is 7.75. The number of rotatable bonds is 9. The van der Waals surface area contributed by atoms with E-state index < -0.39 is 0 Å². The topological polar surface area (TPSA) is 59.0 Å². The molecule has 0 saturated carbocycles. The highest BCUT2D eigenvalue weighted by atomic mass is 35.5. The molecule has 0 unspecified atom stereocenters. The Labute approximate surface area is 156 Å². The highest BCUT2D eigenvalue weighted by Gasteiger charge is 2.06. The van der Waals surface area contributed by atoms with Gasteiger partial charge in [-0.3, -0.25) is 4.79 Å². The average Bonchev–Trinajstić information content (AvgIpc) is 3.00. The Balaban J connectivity index is 0.00000264. The fourth-order valence-electron chi connectivity index (χ4n) is 2.30. The number of halogens is 2. The van der Waals surface area contributed by atoms with Crippen LogP contribution in [0.2, 0.25) is 0 Å². The molecule has 134 valence electrons. The minimum atomic E-state index is 0. The summed E-state index contributed by atoms with van der Waals surface area (Å²) in [6.07, 6.45) is 6.11. The van der Waals surface area contributed by atoms with Gasteiger partial charge in [-0.25, -0.2) is 4.98 Å². The maximum Gasteiger partial charge on any atom is 0.220 e. The van der Waals surface area contributed by atoms with E-state index in [0.29, 0.717) is 13.0 Å². The molecule has 0 aliphatic heterocycles. The van der Waals surface area contributed by atoms with Gasteiger partial charge in [0.15, 0.2) is 0 Å². The zero-order valence-corrected chi connectivity index (χ0v) is 15.5. The SMILES string of the molecule is CNCCCC(=O)NCc1nccn1CCc1ccccc1.Cl.Cl. The molecule has 2 aromatic rings. The van der Waals surface area contributed by atoms with Gasteiger partial charge in [-0.05, 0) is 32.0 Å². The summed E-state index contributed by atoms with van der Waals surface area (Å²) in [5.74, 6) is 0.978. The minimum Gasteiger partial charge on any atom is -0.349 e. The van der Waals surface area contributed by atoms with E-state index in [2.05, 4.69) is 44.5 Å². The Morgan fingerprint density at radius 2 is 1.96 bits per heavy atom. The quantitative estimate of drug-likeness (QED) is 0.665. The van der Waals surface area contributed by atoms with Crippen LogP contribution in [0.25, 0.3) is 0 Å². The monoisotopic (exact) mass is 372 g/mol. The van der Waals surface area contributed by atoms with Crippen LogP contribution in [0, 0.1) is 0 Å². The summed E-state index contributed by atoms with van der Waals surface area (Å²) >= 11 is 0. The molecular formula is C17H26Cl2N4O. The summed E-state index contributed by atoms with van der Waals surface area (Å²) in [5, 5.41) is 5.97. The van der Waals surface area contributed by atoms with Gasteiger partial charge in [-0.2, -0.15) is 0 Å². The Morgan fingerprint density at radius 3 is 2.67 bits per heavy atom. The number of aryl methyl sites for hydroxylation is 2. The summed E-state index contributed by atoms with van der Waals surface area (Å²) < 4.78 is 2.10. The zero-order valence-electron chi connectivity index (χ0n) is 13.9. The summed E-state index contributed by atoms with van der Waals surface area (Å²) in [6, 6.07) is 10.4. The smallest absolute Gasteiger partial charge is 0.220 e. The van der Waals surface area contributed by atoms with E-state index >= 15 is 0 Å². The average molecular weight is 373 g/mol. The summed E-state index contributed by atoms with van der Waals surface area (Å²) in [6.45, 7) is 2.22. The molecule has 0 aliphatic carbocycles. The van der Waals surface area contributed by atoms with Crippen molar-refractivity contribution in [3.05, 3.63) is 54.1 Å². The van der Waals surface area contributed by atoms with Crippen LogP contribution in [-0.2, 0) is 24.3 Å². The molecule has 0 bridgehead atoms. The lowest BCUT2D eigenvalue weighted by Gasteiger charge is -2.09. The molecule has 1 aromatic heterocycles. The molecule has 2 rings (SSSR count). The van der Waals surface area contributed by atoms with Crippen LogP contribution in [0.1, 0.15) is 24.2 Å². The molecule has 0 fully saturated rings. The van der Waals surface area contributed by atoms with Crippen molar-refractivity contribution in [2.75, 3.05) is 13.6 Å². The van der Waals surface area contributed by atoms with Crippen LogP contribution in [-0.4, -0.2) is 29.1 Å². The van der Waals surface area contributed by atoms with Gasteiger partial charge < -0.3 is 15.2 Å². The van der Waals surface area contributed by atoms with Crippen molar-refractivity contribution >= 4 is 30.7 Å². The molecule has 1 amide bonds. The van der Waals surface area contributed by atoms with E-state index in [1.807, 2.05) is 19.3 Å². The lowest BCUT2D eigenvalue weighted by molar-refractivity contribution is -0.121. The molecule has 0 atom stereocenters. The molecule has 1 heterocycles. The van der Waals surface area contributed by atoms with Crippen molar-refractivity contribution in [2.45, 2.75) is 32.4 Å². The van der Waals surface area contributed by atoms with E-state index in [-0.39, 0.29) is 30.7 Å². The first-order chi connectivity index (χ1) is 10.8. The third-order valence-electron chi connectivity index (χ3n) is 3.56. The second-order valence-corrected chi connectivity index (χ2v) is 5.26. The molecule has 7 heteroatoms. The van der Waals surface area contributed by atoms with Gasteiger partial charge in [0.2, 0.25) is 5.91 Å². The molecular weight excluding hydrogens is 347 g/mol. The number of nitrogens with zero attached hydrogens (tertiary/aromatic N) is 2. The second kappa shape index (κ2) is 12.8.